The quantitative estimate of drug-likeness (QED) is 0.789. The van der Waals surface area contributed by atoms with Crippen molar-refractivity contribution in [2.45, 2.75) is 37.8 Å². The van der Waals surface area contributed by atoms with Crippen molar-refractivity contribution in [3.05, 3.63) is 60.1 Å². The smallest absolute Gasteiger partial charge is 0.315 e. The zero-order valence-electron chi connectivity index (χ0n) is 13.7. The minimum atomic E-state index is -0.336. The van der Waals surface area contributed by atoms with Gasteiger partial charge in [0, 0.05) is 18.6 Å². The van der Waals surface area contributed by atoms with Crippen molar-refractivity contribution in [1.82, 2.24) is 10.6 Å². The summed E-state index contributed by atoms with van der Waals surface area (Å²) in [7, 11) is 0. The summed E-state index contributed by atoms with van der Waals surface area (Å²) in [5, 5.41) is 15.5. The molecular formula is C19H24N2O3. The highest BCUT2D eigenvalue weighted by atomic mass is 16.3. The van der Waals surface area contributed by atoms with Gasteiger partial charge in [0.05, 0.1) is 6.26 Å². The number of furan rings is 1. The summed E-state index contributed by atoms with van der Waals surface area (Å²) in [5.41, 5.74) is 0.963. The summed E-state index contributed by atoms with van der Waals surface area (Å²) < 4.78 is 5.50. The van der Waals surface area contributed by atoms with E-state index in [0.717, 1.165) is 31.2 Å². The average Bonchev–Trinajstić information content (AvgIpc) is 3.15. The standard InChI is InChI=1S/C19H24N2O3/c22-13-15-9-4-5-10-16(15)20-19(23)21-18(17-11-6-12-24-17)14-7-2-1-3-8-14/h1-3,6-8,11-12,15-16,18,22H,4-5,9-10,13H2,(H2,20,21,23). The van der Waals surface area contributed by atoms with Gasteiger partial charge in [0.25, 0.3) is 0 Å². The van der Waals surface area contributed by atoms with Crippen molar-refractivity contribution in [3.8, 4) is 0 Å². The van der Waals surface area contributed by atoms with Crippen LogP contribution in [0.3, 0.4) is 0 Å². The highest BCUT2D eigenvalue weighted by Crippen LogP contribution is 2.25. The number of urea groups is 1. The molecule has 1 saturated carbocycles. The van der Waals surface area contributed by atoms with E-state index in [1.54, 1.807) is 6.26 Å². The zero-order chi connectivity index (χ0) is 16.8. The van der Waals surface area contributed by atoms with Crippen molar-refractivity contribution in [2.75, 3.05) is 6.61 Å². The second kappa shape index (κ2) is 8.02. The number of aliphatic hydroxyl groups excluding tert-OH is 1. The van der Waals surface area contributed by atoms with Crippen LogP contribution in [0.5, 0.6) is 0 Å². The topological polar surface area (TPSA) is 74.5 Å². The molecule has 0 aliphatic heterocycles. The first-order valence-electron chi connectivity index (χ1n) is 8.54. The van der Waals surface area contributed by atoms with E-state index in [9.17, 15) is 9.90 Å². The number of carbonyl (C=O) groups excluding carboxylic acids is 1. The number of rotatable bonds is 5. The maximum Gasteiger partial charge on any atom is 0.315 e. The lowest BCUT2D eigenvalue weighted by Gasteiger charge is -2.31. The second-order valence-electron chi connectivity index (χ2n) is 6.31. The third-order valence-electron chi connectivity index (χ3n) is 4.70. The van der Waals surface area contributed by atoms with Crippen LogP contribution in [-0.2, 0) is 0 Å². The maximum atomic E-state index is 12.5. The molecule has 3 unspecified atom stereocenters. The first kappa shape index (κ1) is 16.6. The maximum absolute atomic E-state index is 12.5. The van der Waals surface area contributed by atoms with Gasteiger partial charge in [-0.05, 0) is 30.5 Å². The summed E-state index contributed by atoms with van der Waals surface area (Å²) in [5.74, 6) is 0.835. The molecular weight excluding hydrogens is 304 g/mol. The van der Waals surface area contributed by atoms with Gasteiger partial charge in [-0.15, -0.1) is 0 Å². The first-order chi connectivity index (χ1) is 11.8. The van der Waals surface area contributed by atoms with Crippen LogP contribution in [0.4, 0.5) is 4.79 Å². The number of amides is 2. The van der Waals surface area contributed by atoms with Crippen LogP contribution in [0, 0.1) is 5.92 Å². The summed E-state index contributed by atoms with van der Waals surface area (Å²) in [4.78, 5) is 12.5. The molecule has 24 heavy (non-hydrogen) atoms. The van der Waals surface area contributed by atoms with E-state index in [-0.39, 0.29) is 30.6 Å². The van der Waals surface area contributed by atoms with Crippen molar-refractivity contribution in [3.63, 3.8) is 0 Å². The molecule has 0 saturated heterocycles. The van der Waals surface area contributed by atoms with Crippen LogP contribution in [0.15, 0.2) is 53.1 Å². The number of benzene rings is 1. The second-order valence-corrected chi connectivity index (χ2v) is 6.31. The molecule has 3 atom stereocenters. The van der Waals surface area contributed by atoms with Crippen molar-refractivity contribution < 1.29 is 14.3 Å². The minimum absolute atomic E-state index is 0.0248. The summed E-state index contributed by atoms with van der Waals surface area (Å²) in [6.07, 6.45) is 5.68. The van der Waals surface area contributed by atoms with Gasteiger partial charge in [0.15, 0.2) is 0 Å². The van der Waals surface area contributed by atoms with Crippen LogP contribution in [0.25, 0.3) is 0 Å². The number of nitrogens with one attached hydrogen (secondary N) is 2. The van der Waals surface area contributed by atoms with E-state index in [1.165, 1.54) is 0 Å². The Bertz CT molecular complexity index is 627. The molecule has 0 radical (unpaired) electrons. The van der Waals surface area contributed by atoms with E-state index in [4.69, 9.17) is 4.42 Å². The van der Waals surface area contributed by atoms with E-state index in [2.05, 4.69) is 10.6 Å². The van der Waals surface area contributed by atoms with E-state index in [1.807, 2.05) is 42.5 Å². The molecule has 3 N–H and O–H groups in total. The normalized spacial score (nSPS) is 21.9. The molecule has 5 nitrogen and oxygen atoms in total. The van der Waals surface area contributed by atoms with Gasteiger partial charge in [-0.3, -0.25) is 0 Å². The molecule has 1 heterocycles. The molecule has 1 aliphatic carbocycles. The SMILES string of the molecule is O=C(NC(c1ccccc1)c1ccco1)NC1CCCCC1CO. The highest BCUT2D eigenvalue weighted by molar-refractivity contribution is 5.75. The lowest BCUT2D eigenvalue weighted by atomic mass is 9.85. The van der Waals surface area contributed by atoms with Gasteiger partial charge in [0.2, 0.25) is 0 Å². The Labute approximate surface area is 142 Å². The van der Waals surface area contributed by atoms with Gasteiger partial charge in [-0.25, -0.2) is 4.79 Å². The Hall–Kier alpha value is -2.27. The molecule has 1 aliphatic rings. The van der Waals surface area contributed by atoms with E-state index in [0.29, 0.717) is 5.76 Å². The Morgan fingerprint density at radius 1 is 1.17 bits per heavy atom. The minimum Gasteiger partial charge on any atom is -0.467 e. The molecule has 1 aromatic carbocycles. The van der Waals surface area contributed by atoms with Crippen LogP contribution in [0.1, 0.15) is 43.0 Å². The fraction of sp³-hybridized carbons (Fsp3) is 0.421. The van der Waals surface area contributed by atoms with Gasteiger partial charge in [-0.2, -0.15) is 0 Å². The number of hydrogen-bond donors (Lipinski definition) is 3. The van der Waals surface area contributed by atoms with Gasteiger partial charge in [-0.1, -0.05) is 43.2 Å². The summed E-state index contributed by atoms with van der Waals surface area (Å²) in [6.45, 7) is 0.116. The molecule has 2 aromatic rings. The molecule has 0 bridgehead atoms. The molecule has 1 aromatic heterocycles. The summed E-state index contributed by atoms with van der Waals surface area (Å²) in [6, 6.07) is 12.9. The van der Waals surface area contributed by atoms with E-state index < -0.39 is 0 Å². The Balaban J connectivity index is 1.69. The third kappa shape index (κ3) is 3.97. The fourth-order valence-electron chi connectivity index (χ4n) is 3.38. The zero-order valence-corrected chi connectivity index (χ0v) is 13.7. The van der Waals surface area contributed by atoms with Crippen molar-refractivity contribution in [2.24, 2.45) is 5.92 Å². The molecule has 1 fully saturated rings. The van der Waals surface area contributed by atoms with Crippen LogP contribution in [-0.4, -0.2) is 23.8 Å². The number of hydrogen-bond acceptors (Lipinski definition) is 3. The predicted octanol–water partition coefficient (Wildman–Crippen LogP) is 3.22. The third-order valence-corrected chi connectivity index (χ3v) is 4.70. The van der Waals surface area contributed by atoms with Gasteiger partial charge < -0.3 is 20.2 Å². The Morgan fingerprint density at radius 3 is 2.67 bits per heavy atom. The molecule has 128 valence electrons. The van der Waals surface area contributed by atoms with Gasteiger partial charge >= 0.3 is 6.03 Å². The molecule has 5 heteroatoms. The first-order valence-corrected chi connectivity index (χ1v) is 8.54. The Morgan fingerprint density at radius 2 is 1.96 bits per heavy atom. The number of aliphatic hydroxyl groups is 1. The van der Waals surface area contributed by atoms with Gasteiger partial charge in [0.1, 0.15) is 11.8 Å². The average molecular weight is 328 g/mol. The lowest BCUT2D eigenvalue weighted by Crippen LogP contribution is -2.48. The largest absolute Gasteiger partial charge is 0.467 e. The molecule has 0 spiro atoms. The molecule has 3 rings (SSSR count). The fourth-order valence-corrected chi connectivity index (χ4v) is 3.38. The predicted molar refractivity (Wildman–Crippen MR) is 91.5 cm³/mol. The van der Waals surface area contributed by atoms with E-state index >= 15 is 0 Å². The lowest BCUT2D eigenvalue weighted by molar-refractivity contribution is 0.153. The monoisotopic (exact) mass is 328 g/mol. The highest BCUT2D eigenvalue weighted by Gasteiger charge is 2.27. The van der Waals surface area contributed by atoms with Crippen LogP contribution in [0.2, 0.25) is 0 Å². The Kier molecular flexibility index (Phi) is 5.54. The van der Waals surface area contributed by atoms with Crippen LogP contribution < -0.4 is 10.6 Å². The molecule has 2 amide bonds. The van der Waals surface area contributed by atoms with Crippen molar-refractivity contribution >= 4 is 6.03 Å². The van der Waals surface area contributed by atoms with Crippen LogP contribution >= 0.6 is 0 Å². The number of carbonyl (C=O) groups is 1. The summed E-state index contributed by atoms with van der Waals surface area (Å²) >= 11 is 0. The van der Waals surface area contributed by atoms with Crippen molar-refractivity contribution in [1.29, 1.82) is 0 Å².